The van der Waals surface area contributed by atoms with Gasteiger partial charge in [-0.2, -0.15) is 0 Å². The molecule has 0 saturated heterocycles. The largest absolute Gasteiger partial charge is 0.398 e. The molecule has 0 atom stereocenters. The zero-order chi connectivity index (χ0) is 13.1. The highest BCUT2D eigenvalue weighted by atomic mass is 35.5. The maximum Gasteiger partial charge on any atom is 0.242 e. The number of halogens is 1. The van der Waals surface area contributed by atoms with Gasteiger partial charge in [0.05, 0.1) is 5.69 Å². The van der Waals surface area contributed by atoms with Gasteiger partial charge < -0.3 is 5.73 Å². The van der Waals surface area contributed by atoms with Crippen LogP contribution in [0.4, 0.5) is 5.69 Å². The lowest BCUT2D eigenvalue weighted by Gasteiger charge is -2.08. The fourth-order valence-corrected chi connectivity index (χ4v) is 2.53. The molecule has 1 rings (SSSR count). The van der Waals surface area contributed by atoms with Gasteiger partial charge in [0.2, 0.25) is 10.0 Å². The number of rotatable bonds is 4. The van der Waals surface area contributed by atoms with E-state index in [1.807, 2.05) is 13.8 Å². The molecule has 0 unspecified atom stereocenters. The van der Waals surface area contributed by atoms with E-state index in [0.717, 1.165) is 5.57 Å². The van der Waals surface area contributed by atoms with Crippen LogP contribution < -0.4 is 10.5 Å². The number of benzene rings is 1. The summed E-state index contributed by atoms with van der Waals surface area (Å²) in [6, 6.07) is 4.35. The van der Waals surface area contributed by atoms with Gasteiger partial charge in [0.1, 0.15) is 4.90 Å². The van der Waals surface area contributed by atoms with Crippen molar-refractivity contribution in [2.75, 3.05) is 12.3 Å². The quantitative estimate of drug-likeness (QED) is 0.653. The van der Waals surface area contributed by atoms with Crippen LogP contribution in [-0.2, 0) is 10.0 Å². The number of sulfonamides is 1. The molecule has 94 valence electrons. The van der Waals surface area contributed by atoms with Crippen LogP contribution in [0.15, 0.2) is 34.7 Å². The molecule has 0 saturated carbocycles. The Bertz CT molecular complexity index is 534. The highest BCUT2D eigenvalue weighted by molar-refractivity contribution is 7.89. The number of nitrogen functional groups attached to an aromatic ring is 1. The van der Waals surface area contributed by atoms with Crippen LogP contribution in [0.1, 0.15) is 13.8 Å². The molecule has 3 N–H and O–H groups in total. The second kappa shape index (κ2) is 5.53. The van der Waals surface area contributed by atoms with Crippen molar-refractivity contribution in [3.8, 4) is 0 Å². The highest BCUT2D eigenvalue weighted by Gasteiger charge is 2.16. The van der Waals surface area contributed by atoms with Gasteiger partial charge in [-0.05, 0) is 32.0 Å². The summed E-state index contributed by atoms with van der Waals surface area (Å²) in [5.41, 5.74) is 6.83. The molecule has 0 aromatic heterocycles. The summed E-state index contributed by atoms with van der Waals surface area (Å²) in [4.78, 5) is 0.00663. The second-order valence-corrected chi connectivity index (χ2v) is 5.99. The van der Waals surface area contributed by atoms with Crippen LogP contribution in [0.2, 0.25) is 5.02 Å². The molecule has 0 aliphatic heterocycles. The lowest BCUT2D eigenvalue weighted by Crippen LogP contribution is -2.24. The van der Waals surface area contributed by atoms with E-state index in [1.165, 1.54) is 12.1 Å². The number of allylic oxidation sites excluding steroid dienone is 1. The Labute approximate surface area is 107 Å². The zero-order valence-corrected chi connectivity index (χ0v) is 11.3. The topological polar surface area (TPSA) is 72.2 Å². The average molecular weight is 275 g/mol. The molecule has 0 amide bonds. The first kappa shape index (κ1) is 14.0. The van der Waals surface area contributed by atoms with Gasteiger partial charge in [-0.1, -0.05) is 23.3 Å². The minimum atomic E-state index is -3.61. The highest BCUT2D eigenvalue weighted by Crippen LogP contribution is 2.22. The molecule has 17 heavy (non-hydrogen) atoms. The number of hydrogen-bond acceptors (Lipinski definition) is 3. The SMILES string of the molecule is CC(C)=CCNS(=O)(=O)c1cc(Cl)ccc1N. The summed E-state index contributed by atoms with van der Waals surface area (Å²) in [6.07, 6.45) is 1.78. The van der Waals surface area contributed by atoms with Crippen molar-refractivity contribution in [2.24, 2.45) is 0 Å². The van der Waals surface area contributed by atoms with E-state index in [9.17, 15) is 8.42 Å². The summed E-state index contributed by atoms with van der Waals surface area (Å²) in [5.74, 6) is 0. The van der Waals surface area contributed by atoms with E-state index in [4.69, 9.17) is 17.3 Å². The van der Waals surface area contributed by atoms with Crippen molar-refractivity contribution in [1.29, 1.82) is 0 Å². The molecule has 0 fully saturated rings. The standard InChI is InChI=1S/C11H15ClN2O2S/c1-8(2)5-6-14-17(15,16)11-7-9(12)3-4-10(11)13/h3-5,7,14H,6,13H2,1-2H3. The Morgan fingerprint density at radius 3 is 2.71 bits per heavy atom. The van der Waals surface area contributed by atoms with Crippen molar-refractivity contribution in [1.82, 2.24) is 4.72 Å². The van der Waals surface area contributed by atoms with E-state index >= 15 is 0 Å². The minimum Gasteiger partial charge on any atom is -0.398 e. The summed E-state index contributed by atoms with van der Waals surface area (Å²) in [6.45, 7) is 4.01. The van der Waals surface area contributed by atoms with Crippen LogP contribution in [0, 0.1) is 0 Å². The molecule has 1 aromatic carbocycles. The predicted octanol–water partition coefficient (Wildman–Crippen LogP) is 2.17. The monoisotopic (exact) mass is 274 g/mol. The van der Waals surface area contributed by atoms with E-state index in [1.54, 1.807) is 12.1 Å². The molecule has 0 spiro atoms. The fourth-order valence-electron chi connectivity index (χ4n) is 1.17. The maximum atomic E-state index is 11.9. The third-order valence-corrected chi connectivity index (χ3v) is 3.76. The number of nitrogens with two attached hydrogens (primary N) is 1. The number of nitrogens with one attached hydrogen (secondary N) is 1. The molecular formula is C11H15ClN2O2S. The maximum absolute atomic E-state index is 11.9. The Morgan fingerprint density at radius 2 is 2.12 bits per heavy atom. The predicted molar refractivity (Wildman–Crippen MR) is 70.5 cm³/mol. The van der Waals surface area contributed by atoms with Gasteiger partial charge >= 0.3 is 0 Å². The summed E-state index contributed by atoms with van der Waals surface area (Å²) < 4.78 is 26.2. The van der Waals surface area contributed by atoms with Crippen molar-refractivity contribution >= 4 is 27.3 Å². The second-order valence-electron chi connectivity index (χ2n) is 3.82. The van der Waals surface area contributed by atoms with Crippen molar-refractivity contribution in [3.05, 3.63) is 34.9 Å². The summed E-state index contributed by atoms with van der Waals surface area (Å²) >= 11 is 5.75. The molecule has 0 aliphatic carbocycles. The Morgan fingerprint density at radius 1 is 1.47 bits per heavy atom. The molecular weight excluding hydrogens is 260 g/mol. The summed E-state index contributed by atoms with van der Waals surface area (Å²) in [5, 5.41) is 0.335. The first-order chi connectivity index (χ1) is 7.83. The van der Waals surface area contributed by atoms with Crippen molar-refractivity contribution in [2.45, 2.75) is 18.7 Å². The zero-order valence-electron chi connectivity index (χ0n) is 9.70. The third-order valence-electron chi connectivity index (χ3n) is 2.05. The summed E-state index contributed by atoms with van der Waals surface area (Å²) in [7, 11) is -3.61. The van der Waals surface area contributed by atoms with Crippen LogP contribution in [0.5, 0.6) is 0 Å². The number of hydrogen-bond donors (Lipinski definition) is 2. The van der Waals surface area contributed by atoms with Crippen LogP contribution in [0.25, 0.3) is 0 Å². The van der Waals surface area contributed by atoms with E-state index in [-0.39, 0.29) is 17.1 Å². The average Bonchev–Trinajstić information content (AvgIpc) is 2.20. The minimum absolute atomic E-state index is 0.00663. The lowest BCUT2D eigenvalue weighted by molar-refractivity contribution is 0.586. The molecule has 0 bridgehead atoms. The van der Waals surface area contributed by atoms with E-state index in [2.05, 4.69) is 4.72 Å². The smallest absolute Gasteiger partial charge is 0.242 e. The Balaban J connectivity index is 2.97. The van der Waals surface area contributed by atoms with Crippen molar-refractivity contribution in [3.63, 3.8) is 0 Å². The molecule has 0 aliphatic rings. The van der Waals surface area contributed by atoms with Gasteiger partial charge in [0.15, 0.2) is 0 Å². The van der Waals surface area contributed by atoms with Gasteiger partial charge in [-0.15, -0.1) is 0 Å². The third kappa shape index (κ3) is 4.03. The first-order valence-corrected chi connectivity index (χ1v) is 6.87. The van der Waals surface area contributed by atoms with E-state index in [0.29, 0.717) is 5.02 Å². The normalized spacial score (nSPS) is 11.2. The molecule has 1 aromatic rings. The van der Waals surface area contributed by atoms with E-state index < -0.39 is 10.0 Å². The molecule has 0 radical (unpaired) electrons. The molecule has 0 heterocycles. The molecule has 4 nitrogen and oxygen atoms in total. The first-order valence-electron chi connectivity index (χ1n) is 5.01. The Hall–Kier alpha value is -1.04. The molecule has 6 heteroatoms. The van der Waals surface area contributed by atoms with Gasteiger partial charge in [0.25, 0.3) is 0 Å². The van der Waals surface area contributed by atoms with Crippen LogP contribution in [0.3, 0.4) is 0 Å². The van der Waals surface area contributed by atoms with Crippen LogP contribution in [-0.4, -0.2) is 15.0 Å². The van der Waals surface area contributed by atoms with Gasteiger partial charge in [0, 0.05) is 11.6 Å². The van der Waals surface area contributed by atoms with Gasteiger partial charge in [-0.25, -0.2) is 13.1 Å². The van der Waals surface area contributed by atoms with Gasteiger partial charge in [-0.3, -0.25) is 0 Å². The van der Waals surface area contributed by atoms with Crippen molar-refractivity contribution < 1.29 is 8.42 Å². The Kier molecular flexibility index (Phi) is 4.56. The van der Waals surface area contributed by atoms with Crippen LogP contribution >= 0.6 is 11.6 Å². The number of anilines is 1. The lowest BCUT2D eigenvalue weighted by atomic mass is 10.3. The fraction of sp³-hybridized carbons (Fsp3) is 0.273.